The molecule has 2 aromatic rings. The second kappa shape index (κ2) is 9.06. The summed E-state index contributed by atoms with van der Waals surface area (Å²) >= 11 is 5.96. The van der Waals surface area contributed by atoms with E-state index in [9.17, 15) is 4.79 Å². The fourth-order valence-electron chi connectivity index (χ4n) is 4.08. The van der Waals surface area contributed by atoms with E-state index in [1.807, 2.05) is 48.3 Å². The Morgan fingerprint density at radius 1 is 1.10 bits per heavy atom. The predicted molar refractivity (Wildman–Crippen MR) is 114 cm³/mol. The highest BCUT2D eigenvalue weighted by Crippen LogP contribution is 2.38. The Balaban J connectivity index is 1.41. The van der Waals surface area contributed by atoms with Crippen molar-refractivity contribution in [2.45, 2.75) is 31.8 Å². The van der Waals surface area contributed by atoms with Crippen molar-refractivity contribution in [2.24, 2.45) is 0 Å². The van der Waals surface area contributed by atoms with E-state index in [-0.39, 0.29) is 11.9 Å². The highest BCUT2D eigenvalue weighted by molar-refractivity contribution is 6.30. The number of halogens is 1. The molecule has 2 aromatic carbocycles. The van der Waals surface area contributed by atoms with Gasteiger partial charge in [0.2, 0.25) is 5.91 Å². The number of carbonyl (C=O) groups excluding carboxylic acids is 1. The number of fused-ring (bicyclic) bond motifs is 1. The van der Waals surface area contributed by atoms with Crippen molar-refractivity contribution in [3.05, 3.63) is 58.6 Å². The van der Waals surface area contributed by atoms with Crippen LogP contribution < -0.4 is 9.47 Å². The molecule has 1 fully saturated rings. The normalized spacial score (nSPS) is 18.7. The van der Waals surface area contributed by atoms with Crippen molar-refractivity contribution in [3.63, 3.8) is 0 Å². The lowest BCUT2D eigenvalue weighted by Crippen LogP contribution is -2.38. The predicted octanol–water partition coefficient (Wildman–Crippen LogP) is 4.30. The standard InChI is InChI=1S/C23H27ClN2O3/c1-25(15-17-5-8-19(24)9-6-17)16-23(27)26-11-2-4-20(26)18-7-10-21-22(14-18)29-13-3-12-28-21/h5-10,14,20H,2-4,11-13,15-16H2,1H3/t20-/m0/s1. The third kappa shape index (κ3) is 4.85. The fourth-order valence-corrected chi connectivity index (χ4v) is 4.20. The lowest BCUT2D eigenvalue weighted by atomic mass is 10.0. The second-order valence-electron chi connectivity index (χ2n) is 7.80. The van der Waals surface area contributed by atoms with Gasteiger partial charge in [0.1, 0.15) is 0 Å². The summed E-state index contributed by atoms with van der Waals surface area (Å²) in [6.45, 7) is 3.25. The lowest BCUT2D eigenvalue weighted by Gasteiger charge is -2.28. The molecule has 4 rings (SSSR count). The first-order chi connectivity index (χ1) is 14.1. The molecule has 0 unspecified atom stereocenters. The molecule has 1 amide bonds. The number of ether oxygens (including phenoxy) is 2. The number of likely N-dealkylation sites (tertiary alicyclic amines) is 1. The maximum atomic E-state index is 13.0. The molecule has 2 aliphatic rings. The van der Waals surface area contributed by atoms with Crippen LogP contribution in [-0.4, -0.2) is 49.1 Å². The average Bonchev–Trinajstić information content (AvgIpc) is 3.09. The summed E-state index contributed by atoms with van der Waals surface area (Å²) in [7, 11) is 1.98. The van der Waals surface area contributed by atoms with Crippen LogP contribution in [0.4, 0.5) is 0 Å². The van der Waals surface area contributed by atoms with E-state index in [2.05, 4.69) is 11.0 Å². The molecule has 0 N–H and O–H groups in total. The largest absolute Gasteiger partial charge is 0.490 e. The number of hydrogen-bond acceptors (Lipinski definition) is 4. The third-order valence-corrected chi connectivity index (χ3v) is 5.75. The minimum Gasteiger partial charge on any atom is -0.490 e. The molecular weight excluding hydrogens is 388 g/mol. The zero-order chi connectivity index (χ0) is 20.2. The second-order valence-corrected chi connectivity index (χ2v) is 8.24. The summed E-state index contributed by atoms with van der Waals surface area (Å²) in [4.78, 5) is 17.1. The fraction of sp³-hybridized carbons (Fsp3) is 0.435. The van der Waals surface area contributed by atoms with Gasteiger partial charge in [-0.15, -0.1) is 0 Å². The topological polar surface area (TPSA) is 42.0 Å². The number of carbonyl (C=O) groups is 1. The van der Waals surface area contributed by atoms with Crippen LogP contribution in [0.15, 0.2) is 42.5 Å². The van der Waals surface area contributed by atoms with Crippen LogP contribution >= 0.6 is 11.6 Å². The number of hydrogen-bond donors (Lipinski definition) is 0. The first kappa shape index (κ1) is 20.0. The van der Waals surface area contributed by atoms with Gasteiger partial charge in [-0.2, -0.15) is 0 Å². The number of amides is 1. The zero-order valence-corrected chi connectivity index (χ0v) is 17.5. The summed E-state index contributed by atoms with van der Waals surface area (Å²) in [5, 5.41) is 0.725. The molecule has 2 heterocycles. The van der Waals surface area contributed by atoms with Crippen molar-refractivity contribution >= 4 is 17.5 Å². The molecule has 29 heavy (non-hydrogen) atoms. The van der Waals surface area contributed by atoms with Gasteiger partial charge in [0.15, 0.2) is 11.5 Å². The van der Waals surface area contributed by atoms with E-state index < -0.39 is 0 Å². The lowest BCUT2D eigenvalue weighted by molar-refractivity contribution is -0.133. The van der Waals surface area contributed by atoms with Gasteiger partial charge in [-0.1, -0.05) is 29.8 Å². The SMILES string of the molecule is CN(CC(=O)N1CCC[C@H]1c1ccc2c(c1)OCCCO2)Cc1ccc(Cl)cc1. The van der Waals surface area contributed by atoms with E-state index in [1.54, 1.807) is 0 Å². The van der Waals surface area contributed by atoms with Gasteiger partial charge in [0.25, 0.3) is 0 Å². The molecule has 1 saturated heterocycles. The van der Waals surface area contributed by atoms with Crippen LogP contribution in [0, 0.1) is 0 Å². The first-order valence-corrected chi connectivity index (χ1v) is 10.6. The first-order valence-electron chi connectivity index (χ1n) is 10.2. The van der Waals surface area contributed by atoms with Gasteiger partial charge in [-0.05, 0) is 55.3 Å². The van der Waals surface area contributed by atoms with Crippen molar-refractivity contribution in [1.29, 1.82) is 0 Å². The van der Waals surface area contributed by atoms with E-state index in [0.29, 0.717) is 26.3 Å². The zero-order valence-electron chi connectivity index (χ0n) is 16.8. The number of rotatable bonds is 5. The van der Waals surface area contributed by atoms with E-state index in [0.717, 1.165) is 53.5 Å². The Bertz CT molecular complexity index is 856. The number of likely N-dealkylation sites (N-methyl/N-ethyl adjacent to an activating group) is 1. The van der Waals surface area contributed by atoms with Crippen LogP contribution in [0.5, 0.6) is 11.5 Å². The van der Waals surface area contributed by atoms with E-state index in [1.165, 1.54) is 0 Å². The van der Waals surface area contributed by atoms with Crippen molar-refractivity contribution < 1.29 is 14.3 Å². The smallest absolute Gasteiger partial charge is 0.237 e. The monoisotopic (exact) mass is 414 g/mol. The Morgan fingerprint density at radius 2 is 1.86 bits per heavy atom. The highest BCUT2D eigenvalue weighted by Gasteiger charge is 2.31. The third-order valence-electron chi connectivity index (χ3n) is 5.50. The summed E-state index contributed by atoms with van der Waals surface area (Å²) in [6, 6.07) is 14.0. The molecule has 0 saturated carbocycles. The van der Waals surface area contributed by atoms with E-state index in [4.69, 9.17) is 21.1 Å². The molecule has 154 valence electrons. The van der Waals surface area contributed by atoms with Crippen LogP contribution in [-0.2, 0) is 11.3 Å². The Morgan fingerprint density at radius 3 is 2.66 bits per heavy atom. The summed E-state index contributed by atoms with van der Waals surface area (Å²) in [5.74, 6) is 1.75. The molecule has 0 aliphatic carbocycles. The molecule has 1 atom stereocenters. The van der Waals surface area contributed by atoms with Crippen molar-refractivity contribution in [1.82, 2.24) is 9.80 Å². The Labute approximate surface area is 177 Å². The average molecular weight is 415 g/mol. The minimum absolute atomic E-state index is 0.101. The van der Waals surface area contributed by atoms with Gasteiger partial charge in [0, 0.05) is 24.5 Å². The van der Waals surface area contributed by atoms with Gasteiger partial charge < -0.3 is 14.4 Å². The molecule has 0 bridgehead atoms. The molecule has 2 aliphatic heterocycles. The van der Waals surface area contributed by atoms with Crippen LogP contribution in [0.3, 0.4) is 0 Å². The maximum absolute atomic E-state index is 13.0. The van der Waals surface area contributed by atoms with Gasteiger partial charge >= 0.3 is 0 Å². The Hall–Kier alpha value is -2.24. The highest BCUT2D eigenvalue weighted by atomic mass is 35.5. The van der Waals surface area contributed by atoms with Crippen molar-refractivity contribution in [3.8, 4) is 11.5 Å². The van der Waals surface area contributed by atoms with Crippen LogP contribution in [0.1, 0.15) is 36.4 Å². The maximum Gasteiger partial charge on any atom is 0.237 e. The molecule has 0 radical (unpaired) electrons. The Kier molecular flexibility index (Phi) is 6.26. The summed E-state index contributed by atoms with van der Waals surface area (Å²) in [6.07, 6.45) is 2.88. The van der Waals surface area contributed by atoms with E-state index >= 15 is 0 Å². The van der Waals surface area contributed by atoms with Gasteiger partial charge in [-0.25, -0.2) is 0 Å². The molecule has 6 heteroatoms. The quantitative estimate of drug-likeness (QED) is 0.731. The van der Waals surface area contributed by atoms with Gasteiger partial charge in [0.05, 0.1) is 25.8 Å². The summed E-state index contributed by atoms with van der Waals surface area (Å²) in [5.41, 5.74) is 2.27. The summed E-state index contributed by atoms with van der Waals surface area (Å²) < 4.78 is 11.6. The molecule has 5 nitrogen and oxygen atoms in total. The van der Waals surface area contributed by atoms with Crippen LogP contribution in [0.25, 0.3) is 0 Å². The van der Waals surface area contributed by atoms with Gasteiger partial charge in [-0.3, -0.25) is 9.69 Å². The number of nitrogens with zero attached hydrogens (tertiary/aromatic N) is 2. The van der Waals surface area contributed by atoms with Crippen LogP contribution in [0.2, 0.25) is 5.02 Å². The van der Waals surface area contributed by atoms with Crippen molar-refractivity contribution in [2.75, 3.05) is 33.4 Å². The molecule has 0 aromatic heterocycles. The molecular formula is C23H27ClN2O3. The minimum atomic E-state index is 0.101. The number of benzene rings is 2. The molecule has 0 spiro atoms.